The van der Waals surface area contributed by atoms with E-state index in [1.807, 2.05) is 4.72 Å². The van der Waals surface area contributed by atoms with Crippen LogP contribution in [0, 0.1) is 34.6 Å². The van der Waals surface area contributed by atoms with Crippen molar-refractivity contribution in [2.45, 2.75) is 4.90 Å². The van der Waals surface area contributed by atoms with Crippen molar-refractivity contribution in [3.05, 3.63) is 70.4 Å². The van der Waals surface area contributed by atoms with Crippen LogP contribution in [0.2, 0.25) is 5.02 Å². The maximum atomic E-state index is 14.0. The van der Waals surface area contributed by atoms with Gasteiger partial charge < -0.3 is 4.98 Å². The third kappa shape index (κ3) is 3.67. The molecule has 5 nitrogen and oxygen atoms in total. The number of halogens is 5. The maximum absolute atomic E-state index is 14.0. The lowest BCUT2D eigenvalue weighted by molar-refractivity contribution is 0.547. The van der Waals surface area contributed by atoms with Gasteiger partial charge in [0.25, 0.3) is 10.0 Å². The molecule has 0 amide bonds. The molecule has 0 aliphatic carbocycles. The van der Waals surface area contributed by atoms with Gasteiger partial charge in [-0.05, 0) is 18.2 Å². The summed E-state index contributed by atoms with van der Waals surface area (Å²) in [7, 11) is -4.37. The Morgan fingerprint density at radius 2 is 1.64 bits per heavy atom. The molecule has 0 unspecified atom stereocenters. The lowest BCUT2D eigenvalue weighted by atomic mass is 10.1. The Balaban J connectivity index is 1.98. The first-order valence-electron chi connectivity index (χ1n) is 7.37. The molecule has 1 aromatic heterocycles. The molecule has 2 N–H and O–H groups in total. The number of nitriles is 1. The van der Waals surface area contributed by atoms with Crippen molar-refractivity contribution in [3.8, 4) is 17.3 Å². The minimum absolute atomic E-state index is 0.174. The maximum Gasteiger partial charge on any atom is 0.263 e. The van der Waals surface area contributed by atoms with Crippen LogP contribution in [0.25, 0.3) is 11.3 Å². The van der Waals surface area contributed by atoms with Gasteiger partial charge in [0.1, 0.15) is 34.2 Å². The number of benzene rings is 2. The molecule has 0 radical (unpaired) electrons. The smallest absolute Gasteiger partial charge is 0.263 e. The summed E-state index contributed by atoms with van der Waals surface area (Å²) in [5, 5.41) is 8.61. The van der Waals surface area contributed by atoms with E-state index in [0.29, 0.717) is 12.1 Å². The highest BCUT2D eigenvalue weighted by Gasteiger charge is 2.22. The van der Waals surface area contributed by atoms with Crippen molar-refractivity contribution in [2.24, 2.45) is 0 Å². The van der Waals surface area contributed by atoms with Crippen molar-refractivity contribution in [3.63, 3.8) is 0 Å². The second-order valence-electron chi connectivity index (χ2n) is 5.52. The fourth-order valence-corrected chi connectivity index (χ4v) is 3.64. The summed E-state index contributed by atoms with van der Waals surface area (Å²) in [6, 6.07) is 5.10. The van der Waals surface area contributed by atoms with Crippen molar-refractivity contribution in [2.75, 3.05) is 4.72 Å². The Morgan fingerprint density at radius 1 is 1.00 bits per heavy atom. The summed E-state index contributed by atoms with van der Waals surface area (Å²) in [6.07, 6.45) is 0.920. The average molecular weight is 430 g/mol. The highest BCUT2D eigenvalue weighted by Crippen LogP contribution is 2.30. The molecule has 0 atom stereocenters. The number of aromatic amines is 1. The fraction of sp³-hybridized carbons (Fsp3) is 0. The fourth-order valence-electron chi connectivity index (χ4n) is 2.39. The van der Waals surface area contributed by atoms with Gasteiger partial charge in [-0.25, -0.2) is 26.0 Å². The molecule has 0 saturated heterocycles. The third-order valence-electron chi connectivity index (χ3n) is 3.66. The van der Waals surface area contributed by atoms with Crippen molar-refractivity contribution >= 4 is 27.3 Å². The molecular weight excluding hydrogens is 422 g/mol. The highest BCUT2D eigenvalue weighted by atomic mass is 35.5. The average Bonchev–Trinajstić information content (AvgIpc) is 3.07. The highest BCUT2D eigenvalue weighted by molar-refractivity contribution is 7.92. The predicted octanol–water partition coefficient (Wildman–Crippen LogP) is 4.56. The minimum Gasteiger partial charge on any atom is -0.360 e. The number of hydrogen-bond acceptors (Lipinski definition) is 3. The van der Waals surface area contributed by atoms with Crippen LogP contribution in [0.5, 0.6) is 0 Å². The topological polar surface area (TPSA) is 85.8 Å². The van der Waals surface area contributed by atoms with Gasteiger partial charge in [0.15, 0.2) is 0 Å². The van der Waals surface area contributed by atoms with E-state index in [4.69, 9.17) is 16.9 Å². The normalized spacial score (nSPS) is 11.3. The van der Waals surface area contributed by atoms with E-state index < -0.39 is 49.4 Å². The zero-order valence-corrected chi connectivity index (χ0v) is 15.1. The van der Waals surface area contributed by atoms with Gasteiger partial charge in [-0.1, -0.05) is 11.6 Å². The molecular formula is C17H8ClF4N3O2S. The van der Waals surface area contributed by atoms with Gasteiger partial charge in [-0.3, -0.25) is 4.72 Å². The summed E-state index contributed by atoms with van der Waals surface area (Å²) in [4.78, 5) is 1.91. The summed E-state index contributed by atoms with van der Waals surface area (Å²) in [5.74, 6) is -4.65. The van der Waals surface area contributed by atoms with Gasteiger partial charge in [0.2, 0.25) is 0 Å². The van der Waals surface area contributed by atoms with E-state index in [9.17, 15) is 26.0 Å². The summed E-state index contributed by atoms with van der Waals surface area (Å²) >= 11 is 5.76. The van der Waals surface area contributed by atoms with E-state index in [1.54, 1.807) is 6.07 Å². The molecule has 0 bridgehead atoms. The minimum atomic E-state index is -4.37. The SMILES string of the molecule is N#Cc1cc(F)c(NS(=O)(=O)c2c[nH]c(-c3c(F)cc(F)cc3F)c2)cc1Cl. The first-order valence-corrected chi connectivity index (χ1v) is 9.24. The third-order valence-corrected chi connectivity index (χ3v) is 5.32. The lowest BCUT2D eigenvalue weighted by Gasteiger charge is -2.08. The molecule has 0 saturated carbocycles. The Hall–Kier alpha value is -3.03. The molecule has 3 aromatic rings. The van der Waals surface area contributed by atoms with Crippen LogP contribution in [0.4, 0.5) is 23.2 Å². The molecule has 0 spiro atoms. The second kappa shape index (κ2) is 7.18. The second-order valence-corrected chi connectivity index (χ2v) is 7.61. The van der Waals surface area contributed by atoms with Gasteiger partial charge >= 0.3 is 0 Å². The molecule has 28 heavy (non-hydrogen) atoms. The number of nitrogens with one attached hydrogen (secondary N) is 2. The van der Waals surface area contributed by atoms with Crippen LogP contribution < -0.4 is 4.72 Å². The zero-order valence-electron chi connectivity index (χ0n) is 13.5. The number of hydrogen-bond donors (Lipinski definition) is 2. The van der Waals surface area contributed by atoms with E-state index in [2.05, 4.69) is 4.98 Å². The number of anilines is 1. The van der Waals surface area contributed by atoms with Crippen LogP contribution in [0.1, 0.15) is 5.56 Å². The molecule has 1 heterocycles. The number of sulfonamides is 1. The van der Waals surface area contributed by atoms with Crippen molar-refractivity contribution in [1.29, 1.82) is 5.26 Å². The van der Waals surface area contributed by atoms with Crippen LogP contribution in [0.3, 0.4) is 0 Å². The number of H-pyrrole nitrogens is 1. The Bertz CT molecular complexity index is 1210. The molecule has 0 aliphatic heterocycles. The standard InChI is InChI=1S/C17H8ClF4N3O2S/c18-11-5-15(12(20)1-8(11)6-23)25-28(26,27)10-4-16(24-7-10)17-13(21)2-9(19)3-14(17)22/h1-5,7,24-25H. The van der Waals surface area contributed by atoms with Crippen molar-refractivity contribution in [1.82, 2.24) is 4.98 Å². The molecule has 3 rings (SSSR count). The monoisotopic (exact) mass is 429 g/mol. The summed E-state index contributed by atoms with van der Waals surface area (Å²) < 4.78 is 81.5. The molecule has 144 valence electrons. The van der Waals surface area contributed by atoms with E-state index in [0.717, 1.165) is 24.4 Å². The van der Waals surface area contributed by atoms with Crippen LogP contribution in [-0.2, 0) is 10.0 Å². The molecule has 0 aliphatic rings. The van der Waals surface area contributed by atoms with E-state index in [-0.39, 0.29) is 16.3 Å². The Morgan fingerprint density at radius 3 is 2.25 bits per heavy atom. The largest absolute Gasteiger partial charge is 0.360 e. The lowest BCUT2D eigenvalue weighted by Crippen LogP contribution is -2.13. The van der Waals surface area contributed by atoms with E-state index >= 15 is 0 Å². The molecule has 2 aromatic carbocycles. The number of nitrogens with zero attached hydrogens (tertiary/aromatic N) is 1. The van der Waals surface area contributed by atoms with Crippen LogP contribution in [-0.4, -0.2) is 13.4 Å². The van der Waals surface area contributed by atoms with Gasteiger partial charge in [0, 0.05) is 18.3 Å². The van der Waals surface area contributed by atoms with Gasteiger partial charge in [-0.15, -0.1) is 0 Å². The van der Waals surface area contributed by atoms with Crippen LogP contribution >= 0.6 is 11.6 Å². The van der Waals surface area contributed by atoms with Crippen molar-refractivity contribution < 1.29 is 26.0 Å². The number of aromatic nitrogens is 1. The first kappa shape index (κ1) is 19.7. The molecule has 11 heteroatoms. The summed E-state index contributed by atoms with van der Waals surface area (Å²) in [5.41, 5.74) is -1.64. The van der Waals surface area contributed by atoms with Gasteiger partial charge in [-0.2, -0.15) is 5.26 Å². The van der Waals surface area contributed by atoms with Gasteiger partial charge in [0.05, 0.1) is 27.5 Å². The number of rotatable bonds is 4. The molecule has 0 fully saturated rings. The Labute approximate surface area is 161 Å². The first-order chi connectivity index (χ1) is 13.1. The Kier molecular flexibility index (Phi) is 5.06. The summed E-state index contributed by atoms with van der Waals surface area (Å²) in [6.45, 7) is 0. The van der Waals surface area contributed by atoms with E-state index in [1.165, 1.54) is 0 Å². The predicted molar refractivity (Wildman–Crippen MR) is 93.0 cm³/mol. The zero-order chi connectivity index (χ0) is 20.6. The quantitative estimate of drug-likeness (QED) is 0.596. The van der Waals surface area contributed by atoms with Crippen LogP contribution in [0.15, 0.2) is 41.4 Å².